The summed E-state index contributed by atoms with van der Waals surface area (Å²) in [5.74, 6) is 0. The Hall–Kier alpha value is -0.680. The van der Waals surface area contributed by atoms with Gasteiger partial charge in [0, 0.05) is 12.7 Å². The van der Waals surface area contributed by atoms with Crippen molar-refractivity contribution in [1.29, 1.82) is 0 Å². The first-order valence-electron chi connectivity index (χ1n) is 8.46. The Morgan fingerprint density at radius 1 is 0.800 bits per heavy atom. The minimum absolute atomic E-state index is 0.153. The fourth-order valence-corrected chi connectivity index (χ4v) is 7.85. The number of rotatable bonds is 12. The molecule has 0 fully saturated rings. The molecule has 0 radical (unpaired) electrons. The molecule has 0 heterocycles. The molecular weight excluding hydrogens is 364 g/mol. The van der Waals surface area contributed by atoms with Crippen molar-refractivity contribution in [2.45, 2.75) is 33.1 Å². The van der Waals surface area contributed by atoms with E-state index in [0.29, 0.717) is 5.56 Å². The normalized spacial score (nSPS) is 12.6. The molecule has 0 aliphatic heterocycles. The average molecular weight is 393 g/mol. The SMILES string of the molecule is CCOP(=O)(OCC)C(c1ccc(NC)cc1)P(=O)(OCC)OCC. The number of hydrogen-bond acceptors (Lipinski definition) is 7. The molecule has 0 unspecified atom stereocenters. The largest absolute Gasteiger partial charge is 0.388 e. The van der Waals surface area contributed by atoms with Gasteiger partial charge >= 0.3 is 15.2 Å². The molecule has 1 N–H and O–H groups in total. The first kappa shape index (κ1) is 22.4. The van der Waals surface area contributed by atoms with Gasteiger partial charge in [-0.3, -0.25) is 9.13 Å². The van der Waals surface area contributed by atoms with Gasteiger partial charge < -0.3 is 23.4 Å². The van der Waals surface area contributed by atoms with Crippen LogP contribution >= 0.6 is 15.2 Å². The van der Waals surface area contributed by atoms with E-state index in [4.69, 9.17) is 18.1 Å². The third-order valence-corrected chi connectivity index (χ3v) is 9.30. The van der Waals surface area contributed by atoms with E-state index in [1.54, 1.807) is 59.0 Å². The van der Waals surface area contributed by atoms with Crippen molar-refractivity contribution in [2.75, 3.05) is 38.8 Å². The van der Waals surface area contributed by atoms with Gasteiger partial charge in [0.15, 0.2) is 5.40 Å². The smallest absolute Gasteiger partial charge is 0.350 e. The Labute approximate surface area is 150 Å². The second-order valence-electron chi connectivity index (χ2n) is 5.00. The van der Waals surface area contributed by atoms with Gasteiger partial charge in [-0.1, -0.05) is 12.1 Å². The fraction of sp³-hybridized carbons (Fsp3) is 0.625. The predicted molar refractivity (Wildman–Crippen MR) is 100 cm³/mol. The lowest BCUT2D eigenvalue weighted by Gasteiger charge is -2.31. The van der Waals surface area contributed by atoms with Gasteiger partial charge in [0.1, 0.15) is 0 Å². The van der Waals surface area contributed by atoms with Crippen LogP contribution in [0.5, 0.6) is 0 Å². The summed E-state index contributed by atoms with van der Waals surface area (Å²) >= 11 is 0. The molecule has 0 saturated carbocycles. The molecule has 0 amide bonds. The molecule has 7 nitrogen and oxygen atoms in total. The summed E-state index contributed by atoms with van der Waals surface area (Å²) in [5.41, 5.74) is 1.39. The Kier molecular flexibility index (Phi) is 9.36. The van der Waals surface area contributed by atoms with Gasteiger partial charge in [-0.2, -0.15) is 0 Å². The molecule has 0 atom stereocenters. The summed E-state index contributed by atoms with van der Waals surface area (Å²) in [5, 5.41) is 1.86. The van der Waals surface area contributed by atoms with E-state index in [2.05, 4.69) is 5.32 Å². The minimum Gasteiger partial charge on any atom is -0.388 e. The zero-order chi connectivity index (χ0) is 18.9. The second kappa shape index (κ2) is 10.5. The highest BCUT2D eigenvalue weighted by Gasteiger charge is 2.51. The summed E-state index contributed by atoms with van der Waals surface area (Å²) in [7, 11) is -5.78. The van der Waals surface area contributed by atoms with Crippen LogP contribution in [0.4, 0.5) is 5.69 Å². The third kappa shape index (κ3) is 5.65. The van der Waals surface area contributed by atoms with E-state index >= 15 is 0 Å². The molecule has 0 spiro atoms. The van der Waals surface area contributed by atoms with E-state index in [-0.39, 0.29) is 26.4 Å². The molecule has 0 aliphatic carbocycles. The molecule has 1 aromatic carbocycles. The van der Waals surface area contributed by atoms with Gasteiger partial charge in [0.25, 0.3) is 0 Å². The monoisotopic (exact) mass is 393 g/mol. The van der Waals surface area contributed by atoms with Crippen molar-refractivity contribution >= 4 is 20.9 Å². The van der Waals surface area contributed by atoms with Crippen LogP contribution in [-0.2, 0) is 27.2 Å². The third-order valence-electron chi connectivity index (χ3n) is 3.33. The molecule has 144 valence electrons. The molecule has 0 saturated heterocycles. The second-order valence-corrected chi connectivity index (χ2v) is 9.63. The van der Waals surface area contributed by atoms with Gasteiger partial charge in [-0.05, 0) is 45.4 Å². The topological polar surface area (TPSA) is 83.1 Å². The maximum absolute atomic E-state index is 13.5. The summed E-state index contributed by atoms with van der Waals surface area (Å²) < 4.78 is 48.8. The molecule has 1 aromatic rings. The van der Waals surface area contributed by atoms with Gasteiger partial charge in [0.2, 0.25) is 0 Å². The summed E-state index contributed by atoms with van der Waals surface area (Å²) in [4.78, 5) is 0. The highest BCUT2D eigenvalue weighted by atomic mass is 31.2. The van der Waals surface area contributed by atoms with E-state index in [1.165, 1.54) is 0 Å². The van der Waals surface area contributed by atoms with Crippen LogP contribution in [0.15, 0.2) is 24.3 Å². The van der Waals surface area contributed by atoms with Crippen LogP contribution in [0.3, 0.4) is 0 Å². The van der Waals surface area contributed by atoms with E-state index in [9.17, 15) is 9.13 Å². The van der Waals surface area contributed by atoms with E-state index < -0.39 is 20.6 Å². The van der Waals surface area contributed by atoms with Crippen molar-refractivity contribution in [1.82, 2.24) is 0 Å². The van der Waals surface area contributed by atoms with Crippen LogP contribution in [0.25, 0.3) is 0 Å². The lowest BCUT2D eigenvalue weighted by Crippen LogP contribution is -2.12. The number of nitrogens with one attached hydrogen (secondary N) is 1. The van der Waals surface area contributed by atoms with Gasteiger partial charge in [0.05, 0.1) is 26.4 Å². The lowest BCUT2D eigenvalue weighted by molar-refractivity contribution is 0.195. The van der Waals surface area contributed by atoms with Gasteiger partial charge in [-0.15, -0.1) is 0 Å². The molecule has 0 aliphatic rings. The molecule has 25 heavy (non-hydrogen) atoms. The highest BCUT2D eigenvalue weighted by Crippen LogP contribution is 2.78. The van der Waals surface area contributed by atoms with Crippen LogP contribution in [-0.4, -0.2) is 33.5 Å². The van der Waals surface area contributed by atoms with Crippen molar-refractivity contribution in [3.05, 3.63) is 29.8 Å². The van der Waals surface area contributed by atoms with Crippen molar-refractivity contribution in [3.8, 4) is 0 Å². The Bertz CT molecular complexity index is 557. The van der Waals surface area contributed by atoms with Gasteiger partial charge in [-0.25, -0.2) is 0 Å². The summed E-state index contributed by atoms with van der Waals surface area (Å²) in [6.45, 7) is 7.44. The lowest BCUT2D eigenvalue weighted by atomic mass is 10.2. The maximum atomic E-state index is 13.5. The standard InChI is InChI=1S/C16H29NO6P2/c1-6-20-24(18,21-7-2)16(25(19,22-8-3)23-9-4)14-10-12-15(17-5)13-11-14/h10-13,16-17H,6-9H2,1-5H3. The van der Waals surface area contributed by atoms with Crippen LogP contribution < -0.4 is 5.32 Å². The Balaban J connectivity index is 3.52. The summed E-state index contributed by atoms with van der Waals surface area (Å²) in [6, 6.07) is 7.05. The Morgan fingerprint density at radius 2 is 1.16 bits per heavy atom. The van der Waals surface area contributed by atoms with Crippen molar-refractivity contribution in [2.24, 2.45) is 0 Å². The van der Waals surface area contributed by atoms with Crippen LogP contribution in [0, 0.1) is 0 Å². The zero-order valence-electron chi connectivity index (χ0n) is 15.6. The first-order valence-corrected chi connectivity index (χ1v) is 11.7. The maximum Gasteiger partial charge on any atom is 0.350 e. The number of hydrogen-bond donors (Lipinski definition) is 1. The fourth-order valence-electron chi connectivity index (χ4n) is 2.44. The minimum atomic E-state index is -3.79. The first-order chi connectivity index (χ1) is 11.9. The quantitative estimate of drug-likeness (QED) is 0.485. The predicted octanol–water partition coefficient (Wildman–Crippen LogP) is 5.26. The van der Waals surface area contributed by atoms with Crippen molar-refractivity contribution in [3.63, 3.8) is 0 Å². The van der Waals surface area contributed by atoms with Crippen molar-refractivity contribution < 1.29 is 27.2 Å². The number of anilines is 1. The Morgan fingerprint density at radius 3 is 1.44 bits per heavy atom. The average Bonchev–Trinajstić information content (AvgIpc) is 2.56. The highest BCUT2D eigenvalue weighted by molar-refractivity contribution is 7.72. The molecule has 9 heteroatoms. The summed E-state index contributed by atoms with van der Waals surface area (Å²) in [6.07, 6.45) is 0. The van der Waals surface area contributed by atoms with E-state index in [1.807, 2.05) is 0 Å². The molecule has 0 aromatic heterocycles. The van der Waals surface area contributed by atoms with E-state index in [0.717, 1.165) is 5.69 Å². The molecule has 1 rings (SSSR count). The molecule has 0 bridgehead atoms. The number of benzene rings is 1. The van der Waals surface area contributed by atoms with Crippen LogP contribution in [0.1, 0.15) is 38.7 Å². The molecular formula is C16H29NO6P2. The van der Waals surface area contributed by atoms with Crippen LogP contribution in [0.2, 0.25) is 0 Å². The zero-order valence-corrected chi connectivity index (χ0v) is 17.3.